The van der Waals surface area contributed by atoms with Gasteiger partial charge in [-0.2, -0.15) is 0 Å². The molecule has 0 aliphatic rings. The molecule has 1 atom stereocenters. The van der Waals surface area contributed by atoms with Gasteiger partial charge in [0.25, 0.3) is 0 Å². The summed E-state index contributed by atoms with van der Waals surface area (Å²) in [5.74, 6) is 0.640. The molecule has 6 aromatic rings. The van der Waals surface area contributed by atoms with Crippen molar-refractivity contribution in [1.82, 2.24) is 0 Å². The third-order valence-electron chi connectivity index (χ3n) is 7.74. The van der Waals surface area contributed by atoms with Gasteiger partial charge in [0.15, 0.2) is 0 Å². The molecule has 1 nitrogen and oxygen atoms in total. The minimum atomic E-state index is 0.300. The van der Waals surface area contributed by atoms with Gasteiger partial charge in [-0.25, -0.2) is 0 Å². The second kappa shape index (κ2) is 11.9. The van der Waals surface area contributed by atoms with E-state index in [1.807, 2.05) is 0 Å². The Labute approximate surface area is 238 Å². The average molecular weight is 516 g/mol. The van der Waals surface area contributed by atoms with Gasteiger partial charge in [0.1, 0.15) is 0 Å². The van der Waals surface area contributed by atoms with E-state index in [0.717, 1.165) is 17.1 Å². The van der Waals surface area contributed by atoms with Gasteiger partial charge < -0.3 is 4.90 Å². The SMILES string of the molecule is C[C@H](c1ccc(-c2ccc(N(c3ccccc3)c3ccccc3)cc2)cc1)C(c1ccccc1)c1ccccc1. The van der Waals surface area contributed by atoms with Gasteiger partial charge in [-0.15, -0.1) is 0 Å². The lowest BCUT2D eigenvalue weighted by Crippen LogP contribution is -2.10. The number of benzene rings is 6. The number of para-hydroxylation sites is 2. The molecule has 1 heteroatoms. The molecule has 0 heterocycles. The van der Waals surface area contributed by atoms with Crippen LogP contribution < -0.4 is 4.90 Å². The molecular weight excluding hydrogens is 482 g/mol. The van der Waals surface area contributed by atoms with E-state index in [1.165, 1.54) is 27.8 Å². The van der Waals surface area contributed by atoms with Gasteiger partial charge in [0.2, 0.25) is 0 Å². The molecule has 40 heavy (non-hydrogen) atoms. The van der Waals surface area contributed by atoms with Gasteiger partial charge in [-0.3, -0.25) is 0 Å². The van der Waals surface area contributed by atoms with E-state index < -0.39 is 0 Å². The first-order valence-corrected chi connectivity index (χ1v) is 14.0. The zero-order chi connectivity index (χ0) is 27.1. The largest absolute Gasteiger partial charge is 0.311 e. The second-order valence-electron chi connectivity index (χ2n) is 10.3. The Bertz CT molecular complexity index is 1530. The molecule has 0 unspecified atom stereocenters. The predicted molar refractivity (Wildman–Crippen MR) is 170 cm³/mol. The maximum Gasteiger partial charge on any atom is 0.0462 e. The number of hydrogen-bond donors (Lipinski definition) is 0. The smallest absolute Gasteiger partial charge is 0.0462 e. The van der Waals surface area contributed by atoms with E-state index in [-0.39, 0.29) is 0 Å². The van der Waals surface area contributed by atoms with Crippen molar-refractivity contribution < 1.29 is 0 Å². The first kappa shape index (κ1) is 25.4. The van der Waals surface area contributed by atoms with E-state index in [0.29, 0.717) is 11.8 Å². The molecule has 0 radical (unpaired) electrons. The van der Waals surface area contributed by atoms with Gasteiger partial charge in [0.05, 0.1) is 0 Å². The fourth-order valence-electron chi connectivity index (χ4n) is 5.67. The molecule has 6 aromatic carbocycles. The molecule has 194 valence electrons. The molecule has 6 rings (SSSR count). The molecule has 0 aliphatic carbocycles. The van der Waals surface area contributed by atoms with Crippen LogP contribution in [0.4, 0.5) is 17.1 Å². The van der Waals surface area contributed by atoms with Crippen LogP contribution in [-0.2, 0) is 0 Å². The van der Waals surface area contributed by atoms with Crippen LogP contribution in [0.25, 0.3) is 11.1 Å². The minimum Gasteiger partial charge on any atom is -0.311 e. The molecule has 0 spiro atoms. The lowest BCUT2D eigenvalue weighted by atomic mass is 9.78. The molecular formula is C39H33N. The molecule has 0 aromatic heterocycles. The van der Waals surface area contributed by atoms with Crippen molar-refractivity contribution >= 4 is 17.1 Å². The monoisotopic (exact) mass is 515 g/mol. The number of nitrogens with zero attached hydrogens (tertiary/aromatic N) is 1. The first-order valence-electron chi connectivity index (χ1n) is 14.0. The molecule has 0 amide bonds. The quantitative estimate of drug-likeness (QED) is 0.195. The summed E-state index contributed by atoms with van der Waals surface area (Å²) in [6.07, 6.45) is 0. The van der Waals surface area contributed by atoms with Crippen molar-refractivity contribution in [1.29, 1.82) is 0 Å². The number of hydrogen-bond acceptors (Lipinski definition) is 1. The standard InChI is InChI=1S/C39H33N/c1-30(39(34-14-6-2-7-15-34)35-16-8-3-9-17-35)31-22-24-32(25-23-31)33-26-28-38(29-27-33)40(36-18-10-4-11-19-36)37-20-12-5-13-21-37/h2-30,39H,1H3/t30-/m1/s1. The molecule has 0 bridgehead atoms. The topological polar surface area (TPSA) is 3.24 Å². The van der Waals surface area contributed by atoms with Crippen molar-refractivity contribution in [2.24, 2.45) is 0 Å². The van der Waals surface area contributed by atoms with Crippen LogP contribution in [0.5, 0.6) is 0 Å². The Morgan fingerprint density at radius 2 is 0.700 bits per heavy atom. The summed E-state index contributed by atoms with van der Waals surface area (Å²) in [6.45, 7) is 2.34. The highest BCUT2D eigenvalue weighted by molar-refractivity contribution is 5.78. The van der Waals surface area contributed by atoms with Crippen molar-refractivity contribution in [3.05, 3.63) is 187 Å². The first-order chi connectivity index (χ1) is 19.8. The summed E-state index contributed by atoms with van der Waals surface area (Å²) in [6, 6.07) is 60.8. The Hall–Kier alpha value is -4.88. The van der Waals surface area contributed by atoms with Crippen LogP contribution in [0.3, 0.4) is 0 Å². The molecule has 0 fully saturated rings. The van der Waals surface area contributed by atoms with Crippen LogP contribution in [0.1, 0.15) is 35.4 Å². The normalized spacial score (nSPS) is 11.8. The minimum absolute atomic E-state index is 0.300. The number of rotatable bonds is 8. The second-order valence-corrected chi connectivity index (χ2v) is 10.3. The highest BCUT2D eigenvalue weighted by Crippen LogP contribution is 2.39. The van der Waals surface area contributed by atoms with Crippen LogP contribution in [0, 0.1) is 0 Å². The molecule has 0 N–H and O–H groups in total. The third kappa shape index (κ3) is 5.46. The summed E-state index contributed by atoms with van der Waals surface area (Å²) < 4.78 is 0. The van der Waals surface area contributed by atoms with Gasteiger partial charge in [0, 0.05) is 23.0 Å². The number of anilines is 3. The lowest BCUT2D eigenvalue weighted by Gasteiger charge is -2.26. The van der Waals surface area contributed by atoms with Gasteiger partial charge >= 0.3 is 0 Å². The Morgan fingerprint density at radius 3 is 1.12 bits per heavy atom. The molecule has 0 saturated heterocycles. The third-order valence-corrected chi connectivity index (χ3v) is 7.74. The Morgan fingerprint density at radius 1 is 0.350 bits per heavy atom. The summed E-state index contributed by atoms with van der Waals surface area (Å²) in [4.78, 5) is 2.29. The van der Waals surface area contributed by atoms with Crippen molar-refractivity contribution in [2.75, 3.05) is 4.90 Å². The lowest BCUT2D eigenvalue weighted by molar-refractivity contribution is 0.658. The summed E-state index contributed by atoms with van der Waals surface area (Å²) >= 11 is 0. The maximum absolute atomic E-state index is 2.34. The van der Waals surface area contributed by atoms with Gasteiger partial charge in [-0.1, -0.05) is 140 Å². The average Bonchev–Trinajstić information content (AvgIpc) is 3.04. The van der Waals surface area contributed by atoms with E-state index in [4.69, 9.17) is 0 Å². The zero-order valence-electron chi connectivity index (χ0n) is 22.8. The van der Waals surface area contributed by atoms with E-state index in [2.05, 4.69) is 182 Å². The zero-order valence-corrected chi connectivity index (χ0v) is 22.8. The molecule has 0 aliphatic heterocycles. The van der Waals surface area contributed by atoms with Crippen molar-refractivity contribution in [2.45, 2.75) is 18.8 Å². The molecule has 0 saturated carbocycles. The summed E-state index contributed by atoms with van der Waals surface area (Å²) in [5, 5.41) is 0. The Balaban J connectivity index is 1.27. The van der Waals surface area contributed by atoms with Crippen LogP contribution in [0.2, 0.25) is 0 Å². The highest BCUT2D eigenvalue weighted by Gasteiger charge is 2.22. The Kier molecular flexibility index (Phi) is 7.55. The van der Waals surface area contributed by atoms with E-state index in [1.54, 1.807) is 0 Å². The van der Waals surface area contributed by atoms with Gasteiger partial charge in [-0.05, 0) is 70.1 Å². The summed E-state index contributed by atoms with van der Waals surface area (Å²) in [7, 11) is 0. The fourth-order valence-corrected chi connectivity index (χ4v) is 5.67. The van der Waals surface area contributed by atoms with Crippen molar-refractivity contribution in [3.63, 3.8) is 0 Å². The maximum atomic E-state index is 2.34. The van der Waals surface area contributed by atoms with Crippen LogP contribution >= 0.6 is 0 Å². The van der Waals surface area contributed by atoms with E-state index >= 15 is 0 Å². The van der Waals surface area contributed by atoms with Crippen LogP contribution in [-0.4, -0.2) is 0 Å². The van der Waals surface area contributed by atoms with Crippen molar-refractivity contribution in [3.8, 4) is 11.1 Å². The fraction of sp³-hybridized carbons (Fsp3) is 0.0769. The van der Waals surface area contributed by atoms with E-state index in [9.17, 15) is 0 Å². The predicted octanol–water partition coefficient (Wildman–Crippen LogP) is 10.8. The summed E-state index contributed by atoms with van der Waals surface area (Å²) in [5.41, 5.74) is 9.91. The van der Waals surface area contributed by atoms with Crippen LogP contribution in [0.15, 0.2) is 170 Å². The highest BCUT2D eigenvalue weighted by atomic mass is 15.1.